The van der Waals surface area contributed by atoms with E-state index in [1.54, 1.807) is 4.72 Å². The van der Waals surface area contributed by atoms with Crippen molar-refractivity contribution in [2.75, 3.05) is 5.88 Å². The number of ketones is 2. The number of fused-ring (bicyclic) bond motifs is 2. The maximum Gasteiger partial charge on any atom is 0.279 e. The molecular formula is C15H12N2O9S3. The Bertz CT molecular complexity index is 1390. The Morgan fingerprint density at radius 2 is 1.21 bits per heavy atom. The fourth-order valence-electron chi connectivity index (χ4n) is 2.69. The Morgan fingerprint density at radius 1 is 0.759 bits per heavy atom. The Hall–Kier alpha value is -2.49. The van der Waals surface area contributed by atoms with Gasteiger partial charge in [-0.15, -0.1) is 0 Å². The Balaban J connectivity index is 2.09. The number of primary sulfonamides is 1. The number of rotatable bonds is 5. The smallest absolute Gasteiger partial charge is 0.279 e. The van der Waals surface area contributed by atoms with Crippen LogP contribution in [-0.2, 0) is 30.2 Å². The molecule has 11 nitrogen and oxygen atoms in total. The molecule has 0 aromatic heterocycles. The first-order valence-corrected chi connectivity index (χ1v) is 12.2. The van der Waals surface area contributed by atoms with Gasteiger partial charge in [0.25, 0.3) is 10.1 Å². The van der Waals surface area contributed by atoms with Gasteiger partial charge in [-0.05, 0) is 36.4 Å². The summed E-state index contributed by atoms with van der Waals surface area (Å²) in [5.41, 5.74) is -0.771. The molecule has 0 fully saturated rings. The molecule has 0 saturated carbocycles. The highest BCUT2D eigenvalue weighted by atomic mass is 32.2. The summed E-state index contributed by atoms with van der Waals surface area (Å²) in [4.78, 5) is 24.5. The lowest BCUT2D eigenvalue weighted by molar-refractivity contribution is 0.0978. The number of nitrogens with two attached hydrogens (primary N) is 1. The van der Waals surface area contributed by atoms with Crippen molar-refractivity contribution in [3.8, 4) is 0 Å². The van der Waals surface area contributed by atoms with Crippen molar-refractivity contribution >= 4 is 41.7 Å². The number of hydrogen-bond donors (Lipinski definition) is 3. The van der Waals surface area contributed by atoms with E-state index in [-0.39, 0.29) is 27.1 Å². The van der Waals surface area contributed by atoms with E-state index in [9.17, 15) is 34.8 Å². The lowest BCUT2D eigenvalue weighted by atomic mass is 9.84. The molecule has 1 aliphatic rings. The van der Waals surface area contributed by atoms with Crippen molar-refractivity contribution < 1.29 is 39.4 Å². The Labute approximate surface area is 165 Å². The number of benzene rings is 2. The minimum absolute atomic E-state index is 0.143. The average molecular weight is 460 g/mol. The standard InChI is InChI=1S/C15H12N2O9S3/c16-28(23,24)8-1-3-10-12(5-8)14(18)11-4-2-9(6-13(11)15(10)19)29(25,26)17-7-27(20,21)22/h1-6,17H,7H2,(H2,16,23,24)(H,20,21,22). The summed E-state index contributed by atoms with van der Waals surface area (Å²) in [6.45, 7) is 0. The summed E-state index contributed by atoms with van der Waals surface area (Å²) in [6.07, 6.45) is 0. The predicted molar refractivity (Wildman–Crippen MR) is 97.9 cm³/mol. The van der Waals surface area contributed by atoms with Crippen LogP contribution in [0.1, 0.15) is 31.8 Å². The third-order valence-electron chi connectivity index (χ3n) is 4.03. The van der Waals surface area contributed by atoms with Gasteiger partial charge in [-0.2, -0.15) is 13.1 Å². The molecule has 0 heterocycles. The molecule has 4 N–H and O–H groups in total. The third kappa shape index (κ3) is 4.12. The lowest BCUT2D eigenvalue weighted by Gasteiger charge is -2.19. The number of nitrogens with one attached hydrogen (secondary N) is 1. The Kier molecular flexibility index (Phi) is 4.97. The van der Waals surface area contributed by atoms with Crippen LogP contribution in [0, 0.1) is 0 Å². The average Bonchev–Trinajstić information content (AvgIpc) is 2.62. The van der Waals surface area contributed by atoms with Gasteiger partial charge in [-0.25, -0.2) is 22.0 Å². The van der Waals surface area contributed by atoms with E-state index in [0.717, 1.165) is 36.4 Å². The molecule has 154 valence electrons. The zero-order valence-electron chi connectivity index (χ0n) is 14.2. The van der Waals surface area contributed by atoms with Crippen LogP contribution in [0.4, 0.5) is 0 Å². The summed E-state index contributed by atoms with van der Waals surface area (Å²) < 4.78 is 79.2. The van der Waals surface area contributed by atoms with Crippen LogP contribution in [0.2, 0.25) is 0 Å². The normalized spacial score (nSPS) is 14.4. The fraction of sp³-hybridized carbons (Fsp3) is 0.0667. The third-order valence-corrected chi connectivity index (χ3v) is 7.03. The summed E-state index contributed by atoms with van der Waals surface area (Å²) in [7, 11) is -13.2. The van der Waals surface area contributed by atoms with Crippen molar-refractivity contribution in [2.24, 2.45) is 5.14 Å². The van der Waals surface area contributed by atoms with Crippen LogP contribution in [0.3, 0.4) is 0 Å². The topological polar surface area (TPSA) is 195 Å². The molecule has 0 aliphatic heterocycles. The van der Waals surface area contributed by atoms with Crippen LogP contribution < -0.4 is 9.86 Å². The quantitative estimate of drug-likeness (QED) is 0.410. The van der Waals surface area contributed by atoms with E-state index in [2.05, 4.69) is 0 Å². The van der Waals surface area contributed by atoms with Gasteiger partial charge >= 0.3 is 0 Å². The molecule has 0 radical (unpaired) electrons. The summed E-state index contributed by atoms with van der Waals surface area (Å²) in [5.74, 6) is -2.73. The maximum absolute atomic E-state index is 12.7. The second-order valence-corrected chi connectivity index (χ2v) is 10.8. The minimum atomic E-state index is -4.63. The number of sulfonamides is 2. The monoisotopic (exact) mass is 460 g/mol. The highest BCUT2D eigenvalue weighted by Gasteiger charge is 2.32. The molecule has 29 heavy (non-hydrogen) atoms. The summed E-state index contributed by atoms with van der Waals surface area (Å²) in [5, 5.41) is 5.03. The molecule has 2 aromatic rings. The molecule has 0 saturated heterocycles. The van der Waals surface area contributed by atoms with Crippen molar-refractivity contribution in [1.29, 1.82) is 0 Å². The van der Waals surface area contributed by atoms with Crippen LogP contribution in [0.25, 0.3) is 0 Å². The van der Waals surface area contributed by atoms with E-state index in [0.29, 0.717) is 0 Å². The van der Waals surface area contributed by atoms with Gasteiger partial charge in [-0.1, -0.05) is 0 Å². The highest BCUT2D eigenvalue weighted by Crippen LogP contribution is 2.30. The van der Waals surface area contributed by atoms with Gasteiger partial charge < -0.3 is 0 Å². The Morgan fingerprint density at radius 3 is 1.66 bits per heavy atom. The van der Waals surface area contributed by atoms with Gasteiger partial charge in [0.15, 0.2) is 11.6 Å². The van der Waals surface area contributed by atoms with E-state index in [1.807, 2.05) is 0 Å². The molecule has 14 heteroatoms. The molecule has 0 unspecified atom stereocenters. The van der Waals surface area contributed by atoms with E-state index in [1.165, 1.54) is 0 Å². The van der Waals surface area contributed by atoms with Gasteiger partial charge in [0.05, 0.1) is 9.79 Å². The number of carbonyl (C=O) groups is 2. The second kappa shape index (κ2) is 6.79. The first-order chi connectivity index (χ1) is 13.2. The van der Waals surface area contributed by atoms with Gasteiger partial charge in [-0.3, -0.25) is 14.1 Å². The van der Waals surface area contributed by atoms with E-state index >= 15 is 0 Å². The SMILES string of the molecule is NS(=O)(=O)c1ccc2c(c1)C(=O)c1ccc(S(=O)(=O)NCS(=O)(=O)O)cc1C2=O. The van der Waals surface area contributed by atoms with E-state index < -0.39 is 52.5 Å². The molecule has 0 spiro atoms. The number of hydrogen-bond acceptors (Lipinski definition) is 8. The van der Waals surface area contributed by atoms with E-state index in [4.69, 9.17) is 9.69 Å². The van der Waals surface area contributed by atoms with Crippen LogP contribution in [0.5, 0.6) is 0 Å². The van der Waals surface area contributed by atoms with Gasteiger partial charge in [0.2, 0.25) is 20.0 Å². The molecule has 2 aromatic carbocycles. The first-order valence-electron chi connectivity index (χ1n) is 7.56. The maximum atomic E-state index is 12.7. The van der Waals surface area contributed by atoms with Crippen LogP contribution in [0.15, 0.2) is 46.2 Å². The van der Waals surface area contributed by atoms with Gasteiger partial charge in [0, 0.05) is 22.3 Å². The molecule has 3 rings (SSSR count). The molecule has 0 amide bonds. The summed E-state index contributed by atoms with van der Waals surface area (Å²) in [6, 6.07) is 5.99. The second-order valence-electron chi connectivity index (χ2n) is 5.99. The van der Waals surface area contributed by atoms with Crippen LogP contribution >= 0.6 is 0 Å². The van der Waals surface area contributed by atoms with Crippen molar-refractivity contribution in [1.82, 2.24) is 4.72 Å². The van der Waals surface area contributed by atoms with Gasteiger partial charge in [0.1, 0.15) is 5.88 Å². The zero-order valence-corrected chi connectivity index (χ0v) is 16.6. The first kappa shape index (κ1) is 21.2. The summed E-state index contributed by atoms with van der Waals surface area (Å²) >= 11 is 0. The predicted octanol–water partition coefficient (Wildman–Crippen LogP) is -0.767. The van der Waals surface area contributed by atoms with Crippen molar-refractivity contribution in [2.45, 2.75) is 9.79 Å². The van der Waals surface area contributed by atoms with Crippen molar-refractivity contribution in [3.63, 3.8) is 0 Å². The zero-order chi connectivity index (χ0) is 21.8. The number of carbonyl (C=O) groups excluding carboxylic acids is 2. The molecule has 0 atom stereocenters. The lowest BCUT2D eigenvalue weighted by Crippen LogP contribution is -2.30. The highest BCUT2D eigenvalue weighted by molar-refractivity contribution is 7.91. The molecule has 0 bridgehead atoms. The van der Waals surface area contributed by atoms with Crippen LogP contribution in [-0.4, -0.2) is 47.2 Å². The largest absolute Gasteiger partial charge is 0.289 e. The fourth-order valence-corrected chi connectivity index (χ4v) is 5.13. The molecular weight excluding hydrogens is 448 g/mol. The molecule has 1 aliphatic carbocycles. The minimum Gasteiger partial charge on any atom is -0.289 e. The van der Waals surface area contributed by atoms with Crippen molar-refractivity contribution in [3.05, 3.63) is 58.7 Å².